The molecule has 1 aromatic rings. The third-order valence-electron chi connectivity index (χ3n) is 1.94. The monoisotopic (exact) mass is 299 g/mol. The van der Waals surface area contributed by atoms with Gasteiger partial charge in [-0.3, -0.25) is 0 Å². The van der Waals surface area contributed by atoms with Crippen molar-refractivity contribution in [3.05, 3.63) is 27.3 Å². The van der Waals surface area contributed by atoms with Crippen LogP contribution in [0.4, 0.5) is 5.69 Å². The molecule has 0 amide bonds. The lowest BCUT2D eigenvalue weighted by Crippen LogP contribution is -2.02. The molecule has 0 heterocycles. The number of halogens is 1. The van der Waals surface area contributed by atoms with Gasteiger partial charge >= 0.3 is 0 Å². The highest BCUT2D eigenvalue weighted by molar-refractivity contribution is 14.1. The van der Waals surface area contributed by atoms with Crippen LogP contribution in [0.1, 0.15) is 18.9 Å². The van der Waals surface area contributed by atoms with E-state index in [4.69, 9.17) is 0 Å². The van der Waals surface area contributed by atoms with E-state index in [2.05, 4.69) is 64.9 Å². The molecule has 74 valence electrons. The van der Waals surface area contributed by atoms with Gasteiger partial charge in [-0.05, 0) is 54.1 Å². The number of nitrogens with one attached hydrogen (secondary N) is 1. The van der Waals surface area contributed by atoms with Crippen molar-refractivity contribution in [3.63, 3.8) is 0 Å². The van der Waals surface area contributed by atoms with Gasteiger partial charge in [-0.2, -0.15) is 0 Å². The van der Waals surface area contributed by atoms with Crippen molar-refractivity contribution in [1.82, 2.24) is 0 Å². The molecular weight excluding hydrogens is 285 g/mol. The molecule has 0 saturated heterocycles. The first kappa shape index (κ1) is 11.4. The average Bonchev–Trinajstić information content (AvgIpc) is 2.18. The van der Waals surface area contributed by atoms with Crippen molar-refractivity contribution in [2.45, 2.75) is 20.3 Å². The first-order chi connectivity index (χ1) is 6.74. The van der Waals surface area contributed by atoms with Crippen molar-refractivity contribution in [1.29, 1.82) is 0 Å². The molecule has 1 nitrogen and oxygen atoms in total. The second-order valence-corrected chi connectivity index (χ2v) is 4.31. The molecule has 0 aliphatic heterocycles. The van der Waals surface area contributed by atoms with E-state index in [1.807, 2.05) is 6.92 Å². The summed E-state index contributed by atoms with van der Waals surface area (Å²) in [5, 5.41) is 3.38. The predicted molar refractivity (Wildman–Crippen MR) is 70.5 cm³/mol. The summed E-state index contributed by atoms with van der Waals surface area (Å²) in [7, 11) is 0. The molecule has 0 aromatic heterocycles. The summed E-state index contributed by atoms with van der Waals surface area (Å²) in [5.74, 6) is 5.93. The fourth-order valence-electron chi connectivity index (χ4n) is 1.17. The zero-order valence-electron chi connectivity index (χ0n) is 8.52. The highest BCUT2D eigenvalue weighted by Gasteiger charge is 1.96. The van der Waals surface area contributed by atoms with Gasteiger partial charge in [-0.1, -0.05) is 6.07 Å². The van der Waals surface area contributed by atoms with Crippen molar-refractivity contribution in [2.75, 3.05) is 11.9 Å². The normalized spacial score (nSPS) is 9.07. The Bertz CT molecular complexity index is 360. The van der Waals surface area contributed by atoms with Crippen LogP contribution in [-0.4, -0.2) is 6.54 Å². The molecule has 1 aromatic carbocycles. The van der Waals surface area contributed by atoms with E-state index in [1.165, 1.54) is 14.8 Å². The topological polar surface area (TPSA) is 12.0 Å². The van der Waals surface area contributed by atoms with Gasteiger partial charge in [0, 0.05) is 22.2 Å². The minimum absolute atomic E-state index is 0.904. The maximum Gasteiger partial charge on any atom is 0.0380 e. The molecule has 0 bridgehead atoms. The van der Waals surface area contributed by atoms with E-state index < -0.39 is 0 Å². The largest absolute Gasteiger partial charge is 0.384 e. The van der Waals surface area contributed by atoms with Crippen molar-refractivity contribution in [2.24, 2.45) is 0 Å². The molecule has 1 rings (SSSR count). The van der Waals surface area contributed by atoms with E-state index in [9.17, 15) is 0 Å². The number of hydrogen-bond acceptors (Lipinski definition) is 1. The van der Waals surface area contributed by atoms with Crippen LogP contribution in [-0.2, 0) is 0 Å². The van der Waals surface area contributed by atoms with Gasteiger partial charge in [-0.15, -0.1) is 11.8 Å². The Balaban J connectivity index is 2.56. The minimum Gasteiger partial charge on any atom is -0.384 e. The van der Waals surface area contributed by atoms with Crippen LogP contribution in [0.3, 0.4) is 0 Å². The van der Waals surface area contributed by atoms with Gasteiger partial charge in [-0.25, -0.2) is 0 Å². The van der Waals surface area contributed by atoms with Gasteiger partial charge in [0.05, 0.1) is 0 Å². The molecule has 0 aliphatic carbocycles. The van der Waals surface area contributed by atoms with Crippen LogP contribution in [0.25, 0.3) is 0 Å². The fourth-order valence-corrected chi connectivity index (χ4v) is 1.66. The Morgan fingerprint density at radius 3 is 2.93 bits per heavy atom. The van der Waals surface area contributed by atoms with Crippen molar-refractivity contribution in [3.8, 4) is 11.8 Å². The number of hydrogen-bond donors (Lipinski definition) is 1. The summed E-state index contributed by atoms with van der Waals surface area (Å²) >= 11 is 2.32. The fraction of sp³-hybridized carbons (Fsp3) is 0.333. The lowest BCUT2D eigenvalue weighted by atomic mass is 10.2. The summed E-state index contributed by atoms with van der Waals surface area (Å²) < 4.78 is 1.26. The first-order valence-corrected chi connectivity index (χ1v) is 5.71. The molecule has 14 heavy (non-hydrogen) atoms. The van der Waals surface area contributed by atoms with Crippen LogP contribution in [0.15, 0.2) is 18.2 Å². The van der Waals surface area contributed by atoms with Crippen LogP contribution in [0.2, 0.25) is 0 Å². The summed E-state index contributed by atoms with van der Waals surface area (Å²) in [6, 6.07) is 6.41. The van der Waals surface area contributed by atoms with Crippen LogP contribution >= 0.6 is 22.6 Å². The summed E-state index contributed by atoms with van der Waals surface area (Å²) in [4.78, 5) is 0. The van der Waals surface area contributed by atoms with Gasteiger partial charge in [0.15, 0.2) is 0 Å². The first-order valence-electron chi connectivity index (χ1n) is 4.63. The second-order valence-electron chi connectivity index (χ2n) is 3.06. The number of benzene rings is 1. The third-order valence-corrected chi connectivity index (χ3v) is 2.61. The molecule has 0 unspecified atom stereocenters. The van der Waals surface area contributed by atoms with Crippen LogP contribution in [0, 0.1) is 22.3 Å². The highest BCUT2D eigenvalue weighted by Crippen LogP contribution is 2.17. The van der Waals surface area contributed by atoms with Gasteiger partial charge < -0.3 is 5.32 Å². The summed E-state index contributed by atoms with van der Waals surface area (Å²) in [6.45, 7) is 4.91. The van der Waals surface area contributed by atoms with Crippen molar-refractivity contribution < 1.29 is 0 Å². The van der Waals surface area contributed by atoms with Gasteiger partial charge in [0.25, 0.3) is 0 Å². The lowest BCUT2D eigenvalue weighted by Gasteiger charge is -2.08. The number of rotatable bonds is 3. The van der Waals surface area contributed by atoms with E-state index >= 15 is 0 Å². The van der Waals surface area contributed by atoms with Gasteiger partial charge in [0.1, 0.15) is 0 Å². The van der Waals surface area contributed by atoms with E-state index in [-0.39, 0.29) is 0 Å². The lowest BCUT2D eigenvalue weighted by molar-refractivity contribution is 1.09. The van der Waals surface area contributed by atoms with E-state index in [0.717, 1.165) is 13.0 Å². The molecule has 0 saturated carbocycles. The molecule has 1 N–H and O–H groups in total. The van der Waals surface area contributed by atoms with Crippen LogP contribution < -0.4 is 5.32 Å². The maximum absolute atomic E-state index is 3.38. The zero-order valence-corrected chi connectivity index (χ0v) is 10.7. The van der Waals surface area contributed by atoms with Crippen molar-refractivity contribution >= 4 is 28.3 Å². The Morgan fingerprint density at radius 2 is 2.21 bits per heavy atom. The van der Waals surface area contributed by atoms with E-state index in [1.54, 1.807) is 0 Å². The maximum atomic E-state index is 3.38. The van der Waals surface area contributed by atoms with Crippen LogP contribution in [0.5, 0.6) is 0 Å². The second kappa shape index (κ2) is 5.92. The SMILES string of the molecule is CC#CCCNc1cc(I)ccc1C. The Labute approximate surface area is 99.4 Å². The molecule has 0 fully saturated rings. The summed E-state index contributed by atoms with van der Waals surface area (Å²) in [5.41, 5.74) is 2.50. The third kappa shape index (κ3) is 3.59. The zero-order chi connectivity index (χ0) is 10.4. The van der Waals surface area contributed by atoms with E-state index in [0.29, 0.717) is 0 Å². The molecular formula is C12H14IN. The summed E-state index contributed by atoms with van der Waals surface area (Å²) in [6.07, 6.45) is 0.904. The quantitative estimate of drug-likeness (QED) is 0.512. The predicted octanol–water partition coefficient (Wildman–Crippen LogP) is 3.42. The molecule has 2 heteroatoms. The highest BCUT2D eigenvalue weighted by atomic mass is 127. The Kier molecular flexibility index (Phi) is 4.81. The molecule has 0 spiro atoms. The number of aryl methyl sites for hydroxylation is 1. The standard InChI is InChI=1S/C12H14IN/c1-3-4-5-8-14-12-9-11(13)7-6-10(12)2/h6-7,9,14H,5,8H2,1-2H3. The molecule has 0 radical (unpaired) electrons. The molecule has 0 aliphatic rings. The van der Waals surface area contributed by atoms with Gasteiger partial charge in [0.2, 0.25) is 0 Å². The number of anilines is 1. The Hall–Kier alpha value is -0.690. The smallest absolute Gasteiger partial charge is 0.0380 e. The minimum atomic E-state index is 0.904. The average molecular weight is 299 g/mol. The Morgan fingerprint density at radius 1 is 1.43 bits per heavy atom. The molecule has 0 atom stereocenters.